The largest absolute Gasteiger partial charge is 1.00 e. The molecule has 0 N–H and O–H groups in total. The van der Waals surface area contributed by atoms with Crippen LogP contribution >= 0.6 is 0 Å². The van der Waals surface area contributed by atoms with Crippen molar-refractivity contribution in [1.29, 1.82) is 0 Å². The van der Waals surface area contributed by atoms with E-state index < -0.39 is 0 Å². The first kappa shape index (κ1) is 19.0. The SMILES string of the molecule is Cc1ccc(-c2nc3c4ccccc4ccn3c2CN2CCCCC2)cc1.[Cl-]. The fourth-order valence-electron chi connectivity index (χ4n) is 4.24. The molecule has 2 aromatic heterocycles. The van der Waals surface area contributed by atoms with Gasteiger partial charge in [0.25, 0.3) is 0 Å². The highest BCUT2D eigenvalue weighted by Gasteiger charge is 2.19. The van der Waals surface area contributed by atoms with Crippen molar-refractivity contribution in [1.82, 2.24) is 14.3 Å². The number of likely N-dealkylation sites (tertiary alicyclic amines) is 1. The van der Waals surface area contributed by atoms with Crippen LogP contribution < -0.4 is 12.4 Å². The first-order chi connectivity index (χ1) is 13.3. The Bertz CT molecular complexity index is 1090. The Morgan fingerprint density at radius 2 is 1.64 bits per heavy atom. The molecule has 4 heteroatoms. The maximum absolute atomic E-state index is 5.14. The number of aromatic nitrogens is 2. The number of rotatable bonds is 3. The van der Waals surface area contributed by atoms with E-state index >= 15 is 0 Å². The molecule has 1 saturated heterocycles. The van der Waals surface area contributed by atoms with E-state index in [4.69, 9.17) is 4.98 Å². The van der Waals surface area contributed by atoms with Crippen LogP contribution in [0.2, 0.25) is 0 Å². The number of fused-ring (bicyclic) bond motifs is 3. The molecule has 3 heterocycles. The Morgan fingerprint density at radius 1 is 0.893 bits per heavy atom. The van der Waals surface area contributed by atoms with Gasteiger partial charge in [0.1, 0.15) is 5.65 Å². The fourth-order valence-corrected chi connectivity index (χ4v) is 4.24. The molecule has 0 spiro atoms. The molecule has 2 aromatic carbocycles. The lowest BCUT2D eigenvalue weighted by Crippen LogP contribution is -3.00. The monoisotopic (exact) mass is 390 g/mol. The Hall–Kier alpha value is -2.36. The highest BCUT2D eigenvalue weighted by atomic mass is 35.5. The van der Waals surface area contributed by atoms with Gasteiger partial charge in [0.05, 0.1) is 11.4 Å². The van der Waals surface area contributed by atoms with Crippen molar-refractivity contribution in [2.45, 2.75) is 32.7 Å². The number of hydrogen-bond acceptors (Lipinski definition) is 2. The van der Waals surface area contributed by atoms with Gasteiger partial charge >= 0.3 is 0 Å². The van der Waals surface area contributed by atoms with Crippen LogP contribution in [-0.4, -0.2) is 27.4 Å². The molecule has 3 nitrogen and oxygen atoms in total. The first-order valence-electron chi connectivity index (χ1n) is 9.98. The van der Waals surface area contributed by atoms with Crippen LogP contribution in [-0.2, 0) is 6.54 Å². The molecule has 1 fully saturated rings. The van der Waals surface area contributed by atoms with Gasteiger partial charge in [-0.2, -0.15) is 0 Å². The Kier molecular flexibility index (Phi) is 5.38. The minimum atomic E-state index is 0. The van der Waals surface area contributed by atoms with Crippen LogP contribution in [0.25, 0.3) is 27.7 Å². The van der Waals surface area contributed by atoms with Gasteiger partial charge in [0.15, 0.2) is 0 Å². The smallest absolute Gasteiger partial charge is 0.145 e. The predicted molar refractivity (Wildman–Crippen MR) is 112 cm³/mol. The summed E-state index contributed by atoms with van der Waals surface area (Å²) in [6.07, 6.45) is 6.17. The van der Waals surface area contributed by atoms with Crippen LogP contribution in [0, 0.1) is 6.92 Å². The normalized spacial score (nSPS) is 15.0. The molecule has 0 amide bonds. The van der Waals surface area contributed by atoms with E-state index in [1.54, 1.807) is 0 Å². The van der Waals surface area contributed by atoms with Crippen molar-refractivity contribution in [2.75, 3.05) is 13.1 Å². The molecule has 0 radical (unpaired) electrons. The number of hydrogen-bond donors (Lipinski definition) is 0. The summed E-state index contributed by atoms with van der Waals surface area (Å²) in [5.74, 6) is 0. The Balaban J connectivity index is 0.00000192. The molecular weight excluding hydrogens is 366 g/mol. The van der Waals surface area contributed by atoms with Gasteiger partial charge < -0.3 is 16.8 Å². The van der Waals surface area contributed by atoms with Crippen molar-refractivity contribution in [3.63, 3.8) is 0 Å². The van der Waals surface area contributed by atoms with Gasteiger partial charge in [0.2, 0.25) is 0 Å². The van der Waals surface area contributed by atoms with Gasteiger partial charge in [-0.15, -0.1) is 0 Å². The topological polar surface area (TPSA) is 20.5 Å². The van der Waals surface area contributed by atoms with Gasteiger partial charge in [-0.05, 0) is 44.3 Å². The third-order valence-electron chi connectivity index (χ3n) is 5.76. The summed E-state index contributed by atoms with van der Waals surface area (Å²) in [7, 11) is 0. The minimum absolute atomic E-state index is 0. The molecule has 0 unspecified atom stereocenters. The number of piperidine rings is 1. The average molecular weight is 391 g/mol. The summed E-state index contributed by atoms with van der Waals surface area (Å²) < 4.78 is 2.31. The summed E-state index contributed by atoms with van der Waals surface area (Å²) in [5, 5.41) is 2.47. The molecule has 0 saturated carbocycles. The summed E-state index contributed by atoms with van der Waals surface area (Å²) in [6.45, 7) is 5.47. The van der Waals surface area contributed by atoms with Crippen LogP contribution in [0.5, 0.6) is 0 Å². The van der Waals surface area contributed by atoms with E-state index in [9.17, 15) is 0 Å². The lowest BCUT2D eigenvalue weighted by Gasteiger charge is -2.26. The maximum atomic E-state index is 5.14. The number of nitrogens with zero attached hydrogens (tertiary/aromatic N) is 3. The zero-order valence-corrected chi connectivity index (χ0v) is 17.0. The molecule has 0 atom stereocenters. The van der Waals surface area contributed by atoms with Crippen LogP contribution in [0.1, 0.15) is 30.5 Å². The molecular formula is C24H25ClN3-. The molecule has 0 aliphatic carbocycles. The van der Waals surface area contributed by atoms with E-state index in [1.807, 2.05) is 0 Å². The number of benzene rings is 2. The lowest BCUT2D eigenvalue weighted by atomic mass is 10.1. The molecule has 5 rings (SSSR count). The highest BCUT2D eigenvalue weighted by molar-refractivity contribution is 5.95. The first-order valence-corrected chi connectivity index (χ1v) is 9.98. The highest BCUT2D eigenvalue weighted by Crippen LogP contribution is 2.30. The summed E-state index contributed by atoms with van der Waals surface area (Å²) in [4.78, 5) is 7.73. The van der Waals surface area contributed by atoms with Crippen molar-refractivity contribution < 1.29 is 12.4 Å². The average Bonchev–Trinajstić information content (AvgIpc) is 3.08. The van der Waals surface area contributed by atoms with E-state index in [2.05, 4.69) is 77.0 Å². The number of imidazole rings is 1. The van der Waals surface area contributed by atoms with Gasteiger partial charge in [-0.3, -0.25) is 4.90 Å². The molecule has 4 aromatic rings. The van der Waals surface area contributed by atoms with Gasteiger partial charge in [-0.1, -0.05) is 60.5 Å². The Morgan fingerprint density at radius 3 is 2.43 bits per heavy atom. The van der Waals surface area contributed by atoms with E-state index in [0.717, 1.165) is 17.9 Å². The second-order valence-corrected chi connectivity index (χ2v) is 7.71. The van der Waals surface area contributed by atoms with Crippen molar-refractivity contribution in [3.05, 3.63) is 72.1 Å². The maximum Gasteiger partial charge on any atom is 0.145 e. The second kappa shape index (κ2) is 7.94. The zero-order chi connectivity index (χ0) is 18.2. The number of aryl methyl sites for hydroxylation is 1. The van der Waals surface area contributed by atoms with E-state index in [1.165, 1.54) is 59.9 Å². The van der Waals surface area contributed by atoms with Crippen molar-refractivity contribution in [2.24, 2.45) is 0 Å². The predicted octanol–water partition coefficient (Wildman–Crippen LogP) is 2.45. The lowest BCUT2D eigenvalue weighted by molar-refractivity contribution is -0.00000550. The van der Waals surface area contributed by atoms with Crippen LogP contribution in [0.15, 0.2) is 60.8 Å². The quantitative estimate of drug-likeness (QED) is 0.535. The number of pyridine rings is 1. The van der Waals surface area contributed by atoms with E-state index in [-0.39, 0.29) is 12.4 Å². The zero-order valence-electron chi connectivity index (χ0n) is 16.2. The Labute approximate surface area is 172 Å². The van der Waals surface area contributed by atoms with E-state index in [0.29, 0.717) is 0 Å². The fraction of sp³-hybridized carbons (Fsp3) is 0.292. The van der Waals surface area contributed by atoms with Crippen molar-refractivity contribution >= 4 is 16.4 Å². The van der Waals surface area contributed by atoms with Gasteiger partial charge in [0, 0.05) is 23.7 Å². The number of halogens is 1. The standard InChI is InChI=1S/C24H25N3.ClH/c1-18-9-11-20(12-10-18)23-22(17-26-14-5-2-6-15-26)27-16-13-19-7-3-4-8-21(19)24(27)25-23;/h3-4,7-13,16H,2,5-6,14-15,17H2,1H3;1H/p-1. The summed E-state index contributed by atoms with van der Waals surface area (Å²) in [6, 6.07) is 19.5. The third-order valence-corrected chi connectivity index (χ3v) is 5.76. The van der Waals surface area contributed by atoms with Crippen molar-refractivity contribution in [3.8, 4) is 11.3 Å². The molecule has 144 valence electrons. The van der Waals surface area contributed by atoms with Crippen LogP contribution in [0.3, 0.4) is 0 Å². The summed E-state index contributed by atoms with van der Waals surface area (Å²) in [5.41, 5.74) is 5.99. The molecule has 1 aliphatic rings. The molecule has 1 aliphatic heterocycles. The molecule has 28 heavy (non-hydrogen) atoms. The second-order valence-electron chi connectivity index (χ2n) is 7.71. The molecule has 0 bridgehead atoms. The van der Waals surface area contributed by atoms with Gasteiger partial charge in [-0.25, -0.2) is 4.98 Å². The summed E-state index contributed by atoms with van der Waals surface area (Å²) >= 11 is 0. The van der Waals surface area contributed by atoms with Crippen LogP contribution in [0.4, 0.5) is 0 Å². The third kappa shape index (κ3) is 3.41. The minimum Gasteiger partial charge on any atom is -1.00 e.